The number of fused-ring (bicyclic) bond motifs is 3. The number of nitrogens with zero attached hydrogens (tertiary/aromatic N) is 4. The van der Waals surface area contributed by atoms with Gasteiger partial charge < -0.3 is 25.3 Å². The third-order valence-electron chi connectivity index (χ3n) is 7.02. The highest BCUT2D eigenvalue weighted by molar-refractivity contribution is 6.16. The number of hydrogen-bond donors (Lipinski definition) is 3. The number of nitrogens with one attached hydrogen (secondary N) is 3. The smallest absolute Gasteiger partial charge is 0.253 e. The third-order valence-corrected chi connectivity index (χ3v) is 7.02. The Morgan fingerprint density at radius 1 is 1.10 bits per heavy atom. The summed E-state index contributed by atoms with van der Waals surface area (Å²) in [5.74, 6) is -1.18. The Kier molecular flexibility index (Phi) is 6.98. The molecule has 208 valence electrons. The van der Waals surface area contributed by atoms with Gasteiger partial charge in [0.2, 0.25) is 11.9 Å². The Labute approximate surface area is 233 Å². The number of piperazine rings is 1. The fourth-order valence-electron chi connectivity index (χ4n) is 4.94. The van der Waals surface area contributed by atoms with E-state index in [1.807, 2.05) is 0 Å². The molecule has 0 spiro atoms. The van der Waals surface area contributed by atoms with Crippen LogP contribution in [0.1, 0.15) is 27.0 Å². The zero-order chi connectivity index (χ0) is 28.5. The quantitative estimate of drug-likeness (QED) is 0.344. The molecule has 2 aromatic carbocycles. The van der Waals surface area contributed by atoms with E-state index in [0.29, 0.717) is 46.9 Å². The maximum atomic E-state index is 14.6. The molecule has 6 rings (SSSR count). The number of carbonyl (C=O) groups is 2. The number of halogens is 2. The second kappa shape index (κ2) is 10.9. The van der Waals surface area contributed by atoms with Gasteiger partial charge in [-0.2, -0.15) is 0 Å². The van der Waals surface area contributed by atoms with Crippen molar-refractivity contribution in [1.82, 2.24) is 25.5 Å². The van der Waals surface area contributed by atoms with Gasteiger partial charge in [0.05, 0.1) is 24.1 Å². The lowest BCUT2D eigenvalue weighted by atomic mass is 10.0. The largest absolute Gasteiger partial charge is 0.462 e. The molecule has 2 aliphatic heterocycles. The van der Waals surface area contributed by atoms with Crippen molar-refractivity contribution in [3.63, 3.8) is 0 Å². The molecule has 0 aliphatic carbocycles. The Balaban J connectivity index is 1.21. The van der Waals surface area contributed by atoms with Crippen molar-refractivity contribution in [2.24, 2.45) is 4.99 Å². The van der Waals surface area contributed by atoms with Gasteiger partial charge in [-0.1, -0.05) is 6.07 Å². The van der Waals surface area contributed by atoms with Crippen LogP contribution in [0.25, 0.3) is 11.5 Å². The van der Waals surface area contributed by atoms with Gasteiger partial charge in [0.1, 0.15) is 23.4 Å². The lowest BCUT2D eigenvalue weighted by Gasteiger charge is -2.32. The van der Waals surface area contributed by atoms with E-state index in [2.05, 4.69) is 30.9 Å². The molecule has 3 N–H and O–H groups in total. The van der Waals surface area contributed by atoms with Gasteiger partial charge in [0.15, 0.2) is 5.76 Å². The van der Waals surface area contributed by atoms with Crippen molar-refractivity contribution >= 4 is 29.2 Å². The van der Waals surface area contributed by atoms with Crippen molar-refractivity contribution in [2.75, 3.05) is 32.0 Å². The molecule has 10 nitrogen and oxygen atoms in total. The number of benzene rings is 2. The number of anilines is 2. The predicted molar refractivity (Wildman–Crippen MR) is 147 cm³/mol. The van der Waals surface area contributed by atoms with E-state index < -0.39 is 17.7 Å². The van der Waals surface area contributed by atoms with Gasteiger partial charge in [0, 0.05) is 55.3 Å². The summed E-state index contributed by atoms with van der Waals surface area (Å²) in [6.07, 6.45) is 3.01. The van der Waals surface area contributed by atoms with Crippen LogP contribution in [0.2, 0.25) is 0 Å². The number of amides is 2. The first kappa shape index (κ1) is 26.3. The van der Waals surface area contributed by atoms with Gasteiger partial charge >= 0.3 is 0 Å². The molecule has 1 atom stereocenters. The van der Waals surface area contributed by atoms with Gasteiger partial charge in [-0.05, 0) is 42.5 Å². The predicted octanol–water partition coefficient (Wildman–Crippen LogP) is 3.27. The summed E-state index contributed by atoms with van der Waals surface area (Å²) in [7, 11) is 1.57. The second-order valence-corrected chi connectivity index (χ2v) is 9.57. The van der Waals surface area contributed by atoms with Gasteiger partial charge in [-0.25, -0.2) is 18.7 Å². The van der Waals surface area contributed by atoms with Gasteiger partial charge in [-0.15, -0.1) is 0 Å². The van der Waals surface area contributed by atoms with Crippen LogP contribution in [0, 0.1) is 11.6 Å². The minimum Gasteiger partial charge on any atom is -0.462 e. The molecule has 0 bridgehead atoms. The number of rotatable bonds is 5. The van der Waals surface area contributed by atoms with Crippen molar-refractivity contribution in [2.45, 2.75) is 12.6 Å². The van der Waals surface area contributed by atoms with Crippen molar-refractivity contribution in [3.8, 4) is 11.5 Å². The van der Waals surface area contributed by atoms with Gasteiger partial charge in [0.25, 0.3) is 5.91 Å². The number of aromatic nitrogens is 2. The van der Waals surface area contributed by atoms with Crippen LogP contribution in [-0.4, -0.2) is 65.1 Å². The van der Waals surface area contributed by atoms with Gasteiger partial charge in [-0.3, -0.25) is 14.6 Å². The van der Waals surface area contributed by atoms with Crippen molar-refractivity contribution in [3.05, 3.63) is 94.9 Å². The van der Waals surface area contributed by atoms with E-state index in [9.17, 15) is 18.4 Å². The average Bonchev–Trinajstić information content (AvgIpc) is 3.43. The number of carbonyl (C=O) groups excluding carboxylic acids is 2. The van der Waals surface area contributed by atoms with Crippen LogP contribution in [-0.2, 0) is 11.3 Å². The Bertz CT molecular complexity index is 1650. The molecule has 2 aromatic heterocycles. The molecule has 41 heavy (non-hydrogen) atoms. The standard InChI is InChI=1S/C29H25F2N7O3/c1-32-27(39)22-15-38(11-10-33-22)28(40)16-5-7-18(8-6-16)36-29-35-14-17-13-34-25(23-20(30)3-2-4-21(23)31)19-9-12-41-26(19)24(17)37-29/h2-9,12,14,22,33H,10-11,13,15H2,1H3,(H,32,39)(H,35,36,37). The summed E-state index contributed by atoms with van der Waals surface area (Å²) in [5.41, 5.74) is 2.55. The Morgan fingerprint density at radius 3 is 2.63 bits per heavy atom. The van der Waals surface area contributed by atoms with E-state index in [-0.39, 0.29) is 42.1 Å². The molecule has 2 amide bonds. The molecule has 1 unspecified atom stereocenters. The minimum absolute atomic E-state index is 0.104. The summed E-state index contributed by atoms with van der Waals surface area (Å²) in [5, 5.41) is 8.84. The molecule has 4 heterocycles. The summed E-state index contributed by atoms with van der Waals surface area (Å²) in [6, 6.07) is 11.7. The Morgan fingerprint density at radius 2 is 1.88 bits per heavy atom. The highest BCUT2D eigenvalue weighted by atomic mass is 19.1. The van der Waals surface area contributed by atoms with E-state index in [1.54, 1.807) is 48.5 Å². The van der Waals surface area contributed by atoms with E-state index in [0.717, 1.165) is 0 Å². The summed E-state index contributed by atoms with van der Waals surface area (Å²) in [6.45, 7) is 1.41. The van der Waals surface area contributed by atoms with Crippen LogP contribution in [0.5, 0.6) is 0 Å². The number of likely N-dealkylation sites (N-methyl/N-ethyl adjacent to an activating group) is 1. The van der Waals surface area contributed by atoms with E-state index in [1.165, 1.54) is 24.5 Å². The maximum absolute atomic E-state index is 14.6. The van der Waals surface area contributed by atoms with Crippen LogP contribution >= 0.6 is 0 Å². The summed E-state index contributed by atoms with van der Waals surface area (Å²) in [4.78, 5) is 40.2. The molecular formula is C29H25F2N7O3. The first-order valence-electron chi connectivity index (χ1n) is 13.0. The maximum Gasteiger partial charge on any atom is 0.253 e. The van der Waals surface area contributed by atoms with Crippen LogP contribution < -0.4 is 16.0 Å². The van der Waals surface area contributed by atoms with Crippen LogP contribution in [0.3, 0.4) is 0 Å². The molecule has 0 radical (unpaired) electrons. The van der Waals surface area contributed by atoms with E-state index in [4.69, 9.17) is 4.42 Å². The molecule has 4 aromatic rings. The highest BCUT2D eigenvalue weighted by Crippen LogP contribution is 2.34. The van der Waals surface area contributed by atoms with Crippen molar-refractivity contribution in [1.29, 1.82) is 0 Å². The zero-order valence-electron chi connectivity index (χ0n) is 21.9. The number of aliphatic imine (C=N–C) groups is 1. The molecule has 1 fully saturated rings. The molecule has 1 saturated heterocycles. The zero-order valence-corrected chi connectivity index (χ0v) is 21.9. The Hall–Kier alpha value is -4.97. The summed E-state index contributed by atoms with van der Waals surface area (Å²) < 4.78 is 35.0. The SMILES string of the molecule is CNC(=O)C1CN(C(=O)c2ccc(Nc3ncc4c(n3)-c3occc3C(c3c(F)cccc3F)=NC4)cc2)CCN1. The lowest BCUT2D eigenvalue weighted by molar-refractivity contribution is -0.123. The minimum atomic E-state index is -0.722. The summed E-state index contributed by atoms with van der Waals surface area (Å²) >= 11 is 0. The normalized spacial score (nSPS) is 16.2. The first-order chi connectivity index (χ1) is 19.9. The van der Waals surface area contributed by atoms with Crippen molar-refractivity contribution < 1.29 is 22.8 Å². The third kappa shape index (κ3) is 5.05. The highest BCUT2D eigenvalue weighted by Gasteiger charge is 2.29. The number of furan rings is 1. The molecule has 12 heteroatoms. The topological polar surface area (TPSA) is 125 Å². The number of hydrogen-bond acceptors (Lipinski definition) is 8. The molecule has 2 aliphatic rings. The molecular weight excluding hydrogens is 532 g/mol. The van der Waals surface area contributed by atoms with Crippen LogP contribution in [0.15, 0.2) is 70.4 Å². The monoisotopic (exact) mass is 557 g/mol. The average molecular weight is 558 g/mol. The molecule has 0 saturated carbocycles. The van der Waals surface area contributed by atoms with E-state index >= 15 is 0 Å². The lowest BCUT2D eigenvalue weighted by Crippen LogP contribution is -2.57. The first-order valence-corrected chi connectivity index (χ1v) is 13.0. The second-order valence-electron chi connectivity index (χ2n) is 9.57. The van der Waals surface area contributed by atoms with Crippen LogP contribution in [0.4, 0.5) is 20.4 Å². The fourth-order valence-corrected chi connectivity index (χ4v) is 4.94. The fraction of sp³-hybridized carbons (Fsp3) is 0.207.